The van der Waals surface area contributed by atoms with Crippen molar-refractivity contribution in [2.75, 3.05) is 46.9 Å². The van der Waals surface area contributed by atoms with Crippen molar-refractivity contribution in [3.05, 3.63) is 17.5 Å². The fourth-order valence-corrected chi connectivity index (χ4v) is 5.09. The number of hydrogen-bond acceptors (Lipinski definition) is 5. The second-order valence-corrected chi connectivity index (χ2v) is 9.08. The van der Waals surface area contributed by atoms with E-state index in [4.69, 9.17) is 4.74 Å². The zero-order chi connectivity index (χ0) is 21.3. The van der Waals surface area contributed by atoms with Crippen LogP contribution in [0.1, 0.15) is 69.0 Å². The van der Waals surface area contributed by atoms with Crippen molar-refractivity contribution in [3.8, 4) is 0 Å². The van der Waals surface area contributed by atoms with Crippen molar-refractivity contribution in [3.63, 3.8) is 0 Å². The first-order valence-electron chi connectivity index (χ1n) is 11.8. The average molecular weight is 420 g/mol. The van der Waals surface area contributed by atoms with Crippen molar-refractivity contribution in [1.82, 2.24) is 25.3 Å². The molecule has 1 aliphatic heterocycles. The Morgan fingerprint density at radius 1 is 1.23 bits per heavy atom. The molecule has 1 saturated heterocycles. The molecule has 1 saturated carbocycles. The number of amides is 1. The third-order valence-electron chi connectivity index (χ3n) is 6.93. The topological polar surface area (TPSA) is 73.5 Å². The number of nitrogens with zero attached hydrogens (tertiary/aromatic N) is 3. The largest absolute Gasteiger partial charge is 0.381 e. The molecule has 2 N–H and O–H groups in total. The molecule has 0 radical (unpaired) electrons. The van der Waals surface area contributed by atoms with Crippen molar-refractivity contribution in [2.45, 2.75) is 70.4 Å². The predicted molar refractivity (Wildman–Crippen MR) is 119 cm³/mol. The highest BCUT2D eigenvalue weighted by Crippen LogP contribution is 2.36. The molecule has 2 aliphatic rings. The molecule has 0 unspecified atom stereocenters. The van der Waals surface area contributed by atoms with Gasteiger partial charge in [0, 0.05) is 69.5 Å². The smallest absolute Gasteiger partial charge is 0.223 e. The Balaban J connectivity index is 1.51. The Labute approximate surface area is 181 Å². The number of aromatic nitrogens is 2. The summed E-state index contributed by atoms with van der Waals surface area (Å²) in [7, 11) is 4.15. The van der Waals surface area contributed by atoms with Crippen LogP contribution in [0.5, 0.6) is 0 Å². The number of carbonyl (C=O) groups is 1. The van der Waals surface area contributed by atoms with Gasteiger partial charge >= 0.3 is 0 Å². The Bertz CT molecular complexity index is 635. The van der Waals surface area contributed by atoms with Gasteiger partial charge in [-0.3, -0.25) is 9.89 Å². The summed E-state index contributed by atoms with van der Waals surface area (Å²) in [6.07, 6.45) is 9.21. The van der Waals surface area contributed by atoms with E-state index < -0.39 is 0 Å². The van der Waals surface area contributed by atoms with Crippen LogP contribution in [0.3, 0.4) is 0 Å². The predicted octanol–water partition coefficient (Wildman–Crippen LogP) is 2.75. The molecule has 7 nitrogen and oxygen atoms in total. The highest BCUT2D eigenvalue weighted by atomic mass is 16.5. The Kier molecular flexibility index (Phi) is 9.15. The molecular weight excluding hydrogens is 378 g/mol. The van der Waals surface area contributed by atoms with Crippen LogP contribution in [0, 0.1) is 5.92 Å². The summed E-state index contributed by atoms with van der Waals surface area (Å²) in [6.45, 7) is 7.51. The van der Waals surface area contributed by atoms with Gasteiger partial charge in [-0.1, -0.05) is 0 Å². The first-order chi connectivity index (χ1) is 14.6. The molecular formula is C23H41N5O2. The average Bonchev–Trinajstić information content (AvgIpc) is 3.22. The van der Waals surface area contributed by atoms with Gasteiger partial charge in [-0.25, -0.2) is 0 Å². The fourth-order valence-electron chi connectivity index (χ4n) is 5.09. The van der Waals surface area contributed by atoms with Crippen LogP contribution in [0.2, 0.25) is 0 Å². The van der Waals surface area contributed by atoms with Gasteiger partial charge in [-0.2, -0.15) is 5.10 Å². The number of carbonyl (C=O) groups excluding carboxylic acids is 1. The number of rotatable bonds is 10. The van der Waals surface area contributed by atoms with Gasteiger partial charge in [-0.05, 0) is 65.5 Å². The number of aromatic amines is 1. The maximum atomic E-state index is 13.0. The number of hydrogen-bond donors (Lipinski definition) is 2. The lowest BCUT2D eigenvalue weighted by Crippen LogP contribution is -2.43. The monoisotopic (exact) mass is 419 g/mol. The highest BCUT2D eigenvalue weighted by molar-refractivity contribution is 5.76. The summed E-state index contributed by atoms with van der Waals surface area (Å²) >= 11 is 0. The molecule has 30 heavy (non-hydrogen) atoms. The summed E-state index contributed by atoms with van der Waals surface area (Å²) in [4.78, 5) is 17.5. The molecule has 0 atom stereocenters. The van der Waals surface area contributed by atoms with Crippen LogP contribution < -0.4 is 5.32 Å². The number of likely N-dealkylation sites (N-methyl/N-ethyl adjacent to an activating group) is 2. The first-order valence-corrected chi connectivity index (χ1v) is 11.8. The lowest BCUT2D eigenvalue weighted by Gasteiger charge is -2.37. The molecule has 1 aromatic rings. The van der Waals surface area contributed by atoms with Gasteiger partial charge in [0.05, 0.1) is 5.69 Å². The molecule has 0 spiro atoms. The Hall–Kier alpha value is -1.44. The summed E-state index contributed by atoms with van der Waals surface area (Å²) < 4.78 is 5.44. The van der Waals surface area contributed by atoms with Crippen molar-refractivity contribution < 1.29 is 9.53 Å². The Morgan fingerprint density at radius 3 is 2.63 bits per heavy atom. The molecule has 1 aliphatic carbocycles. The maximum Gasteiger partial charge on any atom is 0.223 e. The SMILES string of the molecule is CCN(C(=O)CC1CCOCC1)[C@H]1CC[C@H](c2n[nH]cc2CN(C)CCNC)CC1. The second-order valence-electron chi connectivity index (χ2n) is 9.08. The lowest BCUT2D eigenvalue weighted by atomic mass is 9.82. The van der Waals surface area contributed by atoms with E-state index >= 15 is 0 Å². The van der Waals surface area contributed by atoms with E-state index in [-0.39, 0.29) is 0 Å². The minimum atomic E-state index is 0.347. The summed E-state index contributed by atoms with van der Waals surface area (Å²) in [5.74, 6) is 1.35. The standard InChI is InChI=1S/C23H41N5O2/c1-4-28(22(29)15-18-9-13-30-14-10-18)21-7-5-19(6-8-21)23-20(16-25-26-23)17-27(3)12-11-24-2/h16,18-19,21,24H,4-15,17H2,1-3H3,(H,25,26)/t19-,21-. The zero-order valence-corrected chi connectivity index (χ0v) is 19.2. The van der Waals surface area contributed by atoms with E-state index in [0.29, 0.717) is 30.2 Å². The van der Waals surface area contributed by atoms with Gasteiger partial charge < -0.3 is 19.9 Å². The van der Waals surface area contributed by atoms with Crippen LogP contribution in [-0.2, 0) is 16.1 Å². The quantitative estimate of drug-likeness (QED) is 0.610. The summed E-state index contributed by atoms with van der Waals surface area (Å²) in [5, 5.41) is 10.9. The Morgan fingerprint density at radius 2 is 1.97 bits per heavy atom. The van der Waals surface area contributed by atoms with E-state index in [9.17, 15) is 4.79 Å². The lowest BCUT2D eigenvalue weighted by molar-refractivity contribution is -0.135. The van der Waals surface area contributed by atoms with Crippen LogP contribution in [0.25, 0.3) is 0 Å². The highest BCUT2D eigenvalue weighted by Gasteiger charge is 2.31. The van der Waals surface area contributed by atoms with Gasteiger partial charge in [0.2, 0.25) is 5.91 Å². The molecule has 1 aromatic heterocycles. The minimum absolute atomic E-state index is 0.347. The number of ether oxygens (including phenoxy) is 1. The van der Waals surface area contributed by atoms with Gasteiger partial charge in [0.15, 0.2) is 0 Å². The summed E-state index contributed by atoms with van der Waals surface area (Å²) in [6, 6.07) is 0.388. The minimum Gasteiger partial charge on any atom is -0.381 e. The fraction of sp³-hybridized carbons (Fsp3) is 0.826. The zero-order valence-electron chi connectivity index (χ0n) is 19.2. The third-order valence-corrected chi connectivity index (χ3v) is 6.93. The molecule has 2 heterocycles. The second kappa shape index (κ2) is 11.8. The van der Waals surface area contributed by atoms with E-state index in [0.717, 1.165) is 77.9 Å². The number of nitrogens with one attached hydrogen (secondary N) is 2. The molecule has 170 valence electrons. The van der Waals surface area contributed by atoms with Crippen LogP contribution in [0.15, 0.2) is 6.20 Å². The summed E-state index contributed by atoms with van der Waals surface area (Å²) in [5.41, 5.74) is 2.56. The van der Waals surface area contributed by atoms with Crippen molar-refractivity contribution in [2.24, 2.45) is 5.92 Å². The van der Waals surface area contributed by atoms with Gasteiger partial charge in [-0.15, -0.1) is 0 Å². The first kappa shape index (κ1) is 23.2. The van der Waals surface area contributed by atoms with Crippen molar-refractivity contribution in [1.29, 1.82) is 0 Å². The molecule has 2 fully saturated rings. The van der Waals surface area contributed by atoms with E-state index in [1.807, 2.05) is 7.05 Å². The van der Waals surface area contributed by atoms with E-state index in [2.05, 4.69) is 45.5 Å². The maximum absolute atomic E-state index is 13.0. The molecule has 0 bridgehead atoms. The molecule has 3 rings (SSSR count). The molecule has 7 heteroatoms. The normalized spacial score (nSPS) is 23.1. The molecule has 1 amide bonds. The molecule has 0 aromatic carbocycles. The number of H-pyrrole nitrogens is 1. The van der Waals surface area contributed by atoms with Crippen LogP contribution in [-0.4, -0.2) is 78.9 Å². The van der Waals surface area contributed by atoms with Crippen LogP contribution >= 0.6 is 0 Å². The van der Waals surface area contributed by atoms with Crippen LogP contribution in [0.4, 0.5) is 0 Å². The van der Waals surface area contributed by atoms with E-state index in [1.54, 1.807) is 0 Å². The third kappa shape index (κ3) is 6.28. The van der Waals surface area contributed by atoms with Gasteiger partial charge in [0.25, 0.3) is 0 Å². The van der Waals surface area contributed by atoms with Crippen molar-refractivity contribution >= 4 is 5.91 Å². The van der Waals surface area contributed by atoms with Gasteiger partial charge in [0.1, 0.15) is 0 Å². The van der Waals surface area contributed by atoms with E-state index in [1.165, 1.54) is 11.3 Å².